The molecule has 2 fully saturated rings. The number of benzene rings is 4. The van der Waals surface area contributed by atoms with Crippen LogP contribution in [-0.2, 0) is 9.47 Å². The molecular formula is C50H62O4. The molecule has 54 heavy (non-hydrogen) atoms. The molecule has 2 aliphatic carbocycles. The molecule has 2 unspecified atom stereocenters. The minimum atomic E-state index is -0.848. The molecule has 4 aromatic rings. The number of carbonyl (C=O) groups excluding carboxylic acids is 2. The molecule has 2 atom stereocenters. The van der Waals surface area contributed by atoms with E-state index in [0.29, 0.717) is 23.0 Å². The van der Waals surface area contributed by atoms with Gasteiger partial charge < -0.3 is 9.47 Å². The van der Waals surface area contributed by atoms with Crippen molar-refractivity contribution in [1.82, 2.24) is 0 Å². The first kappa shape index (κ1) is 39.5. The summed E-state index contributed by atoms with van der Waals surface area (Å²) in [6.07, 6.45) is 19.0. The van der Waals surface area contributed by atoms with Gasteiger partial charge >= 0.3 is 11.9 Å². The average molecular weight is 727 g/mol. The molecule has 0 radical (unpaired) electrons. The molecule has 4 nitrogen and oxygen atoms in total. The number of hydrogen-bond donors (Lipinski definition) is 0. The molecule has 4 heteroatoms. The fourth-order valence-electron chi connectivity index (χ4n) is 8.98. The van der Waals surface area contributed by atoms with Crippen molar-refractivity contribution in [2.24, 2.45) is 11.8 Å². The summed E-state index contributed by atoms with van der Waals surface area (Å²) in [6, 6.07) is 35.3. The van der Waals surface area contributed by atoms with Gasteiger partial charge in [0.05, 0.1) is 11.1 Å². The Labute approximate surface area is 325 Å². The van der Waals surface area contributed by atoms with Crippen molar-refractivity contribution in [2.45, 2.75) is 141 Å². The predicted octanol–water partition coefficient (Wildman–Crippen LogP) is 13.9. The van der Waals surface area contributed by atoms with Gasteiger partial charge in [0.25, 0.3) is 0 Å². The highest BCUT2D eigenvalue weighted by atomic mass is 16.6. The summed E-state index contributed by atoms with van der Waals surface area (Å²) in [7, 11) is 0. The third-order valence-corrected chi connectivity index (χ3v) is 12.4. The second-order valence-corrected chi connectivity index (χ2v) is 16.1. The van der Waals surface area contributed by atoms with E-state index in [2.05, 4.69) is 38.1 Å². The second kappa shape index (κ2) is 20.5. The monoisotopic (exact) mass is 726 g/mol. The Hall–Kier alpha value is -4.18. The van der Waals surface area contributed by atoms with Crippen LogP contribution >= 0.6 is 0 Å². The fraction of sp³-hybridized carbons (Fsp3) is 0.480. The quantitative estimate of drug-likeness (QED) is 0.0803. The molecule has 0 amide bonds. The van der Waals surface area contributed by atoms with Crippen molar-refractivity contribution < 1.29 is 19.1 Å². The zero-order valence-electron chi connectivity index (χ0n) is 32.8. The Morgan fingerprint density at radius 2 is 0.833 bits per heavy atom. The first-order valence-corrected chi connectivity index (χ1v) is 21.2. The molecule has 0 spiro atoms. The molecule has 0 saturated heterocycles. The minimum absolute atomic E-state index is 0.434. The van der Waals surface area contributed by atoms with E-state index in [0.717, 1.165) is 23.0 Å². The van der Waals surface area contributed by atoms with Crippen molar-refractivity contribution in [2.75, 3.05) is 0 Å². The van der Waals surface area contributed by atoms with Crippen molar-refractivity contribution in [3.05, 3.63) is 143 Å². The van der Waals surface area contributed by atoms with Crippen molar-refractivity contribution >= 4 is 11.9 Å². The van der Waals surface area contributed by atoms with Crippen LogP contribution in [0, 0.1) is 11.8 Å². The Morgan fingerprint density at radius 1 is 0.481 bits per heavy atom. The van der Waals surface area contributed by atoms with Crippen LogP contribution in [0.3, 0.4) is 0 Å². The summed E-state index contributed by atoms with van der Waals surface area (Å²) in [5.74, 6) is 1.94. The number of unbranched alkanes of at least 4 members (excludes halogenated alkanes) is 4. The van der Waals surface area contributed by atoms with Crippen molar-refractivity contribution in [3.63, 3.8) is 0 Å². The SMILES string of the molecule is CCCCCC1CCC(c2ccc(C(=O)OC(c3ccccc3)C(OC(=O)c3ccc(C4CCC(CCCCC)CC4)cc3)c3ccccc3)cc2)CC1. The molecule has 2 aliphatic rings. The van der Waals surface area contributed by atoms with Crippen LogP contribution in [0.15, 0.2) is 109 Å². The van der Waals surface area contributed by atoms with Gasteiger partial charge in [-0.25, -0.2) is 9.59 Å². The number of esters is 2. The van der Waals surface area contributed by atoms with E-state index in [1.54, 1.807) is 0 Å². The number of hydrogen-bond acceptors (Lipinski definition) is 4. The third kappa shape index (κ3) is 11.0. The average Bonchev–Trinajstić information content (AvgIpc) is 3.23. The summed E-state index contributed by atoms with van der Waals surface area (Å²) in [4.78, 5) is 27.8. The van der Waals surface area contributed by atoms with Crippen molar-refractivity contribution in [3.8, 4) is 0 Å². The smallest absolute Gasteiger partial charge is 0.338 e. The Balaban J connectivity index is 1.14. The maximum Gasteiger partial charge on any atom is 0.338 e. The van der Waals surface area contributed by atoms with Crippen LogP contribution in [0.2, 0.25) is 0 Å². The molecule has 0 aromatic heterocycles. The summed E-state index contributed by atoms with van der Waals surface area (Å²) < 4.78 is 12.7. The summed E-state index contributed by atoms with van der Waals surface area (Å²) in [5.41, 5.74) is 5.12. The van der Waals surface area contributed by atoms with Gasteiger partial charge in [0.2, 0.25) is 0 Å². The highest BCUT2D eigenvalue weighted by molar-refractivity contribution is 5.90. The number of rotatable bonds is 17. The van der Waals surface area contributed by atoms with E-state index in [1.165, 1.54) is 114 Å². The van der Waals surface area contributed by atoms with Crippen LogP contribution in [0.5, 0.6) is 0 Å². The van der Waals surface area contributed by atoms with Gasteiger partial charge in [-0.3, -0.25) is 0 Å². The Bertz CT molecular complexity index is 1550. The topological polar surface area (TPSA) is 52.6 Å². The Kier molecular flexibility index (Phi) is 15.0. The van der Waals surface area contributed by atoms with Crippen molar-refractivity contribution in [1.29, 1.82) is 0 Å². The molecule has 0 aliphatic heterocycles. The number of carbonyl (C=O) groups is 2. The van der Waals surface area contributed by atoms with Crippen LogP contribution in [0.4, 0.5) is 0 Å². The standard InChI is InChI=1S/C50H62O4/c1-3-5-9-15-37-21-25-39(26-22-37)41-29-33-45(34-30-41)49(51)53-47(43-17-11-7-12-18-43)48(44-19-13-8-14-20-44)54-50(52)46-35-31-42(32-36-46)40-27-23-38(24-28-40)16-10-6-4-2/h7-8,11-14,17-20,29-40,47-48H,3-6,9-10,15-16,21-28H2,1-2H3. The highest BCUT2D eigenvalue weighted by Crippen LogP contribution is 2.40. The summed E-state index contributed by atoms with van der Waals surface area (Å²) in [5, 5.41) is 0. The molecular weight excluding hydrogens is 665 g/mol. The van der Waals surface area contributed by atoms with Gasteiger partial charge in [0, 0.05) is 0 Å². The van der Waals surface area contributed by atoms with E-state index >= 15 is 0 Å². The van der Waals surface area contributed by atoms with Gasteiger partial charge in [0.15, 0.2) is 12.2 Å². The molecule has 2 saturated carbocycles. The van der Waals surface area contributed by atoms with E-state index in [9.17, 15) is 9.59 Å². The zero-order valence-corrected chi connectivity index (χ0v) is 32.8. The van der Waals surface area contributed by atoms with Gasteiger partial charge in [-0.2, -0.15) is 0 Å². The van der Waals surface area contributed by atoms with Gasteiger partial charge in [-0.1, -0.05) is 150 Å². The molecule has 6 rings (SSSR count). The van der Waals surface area contributed by atoms with Crippen LogP contribution in [0.25, 0.3) is 0 Å². The lowest BCUT2D eigenvalue weighted by Gasteiger charge is -2.29. The molecule has 0 N–H and O–H groups in total. The van der Waals surface area contributed by atoms with Gasteiger partial charge in [0.1, 0.15) is 0 Å². The molecule has 0 bridgehead atoms. The lowest BCUT2D eigenvalue weighted by molar-refractivity contribution is -0.0388. The fourth-order valence-corrected chi connectivity index (χ4v) is 8.98. The third-order valence-electron chi connectivity index (χ3n) is 12.4. The van der Waals surface area contributed by atoms with E-state index in [1.807, 2.05) is 84.9 Å². The lowest BCUT2D eigenvalue weighted by Crippen LogP contribution is -2.23. The van der Waals surface area contributed by atoms with Crippen LogP contribution in [-0.4, -0.2) is 11.9 Å². The normalized spacial score (nSPS) is 21.1. The largest absolute Gasteiger partial charge is 0.450 e. The highest BCUT2D eigenvalue weighted by Gasteiger charge is 2.33. The maximum absolute atomic E-state index is 13.9. The first-order valence-electron chi connectivity index (χ1n) is 21.2. The Morgan fingerprint density at radius 3 is 1.17 bits per heavy atom. The van der Waals surface area contributed by atoms with E-state index < -0.39 is 24.1 Å². The zero-order chi connectivity index (χ0) is 37.5. The first-order chi connectivity index (χ1) is 26.5. The maximum atomic E-state index is 13.9. The summed E-state index contributed by atoms with van der Waals surface area (Å²) in [6.45, 7) is 4.55. The lowest BCUT2D eigenvalue weighted by atomic mass is 9.77. The van der Waals surface area contributed by atoms with E-state index in [-0.39, 0.29) is 0 Å². The second-order valence-electron chi connectivity index (χ2n) is 16.1. The van der Waals surface area contributed by atoms with Crippen LogP contribution < -0.4 is 0 Å². The molecule has 4 aromatic carbocycles. The van der Waals surface area contributed by atoms with E-state index in [4.69, 9.17) is 9.47 Å². The molecule has 286 valence electrons. The minimum Gasteiger partial charge on any atom is -0.450 e. The summed E-state index contributed by atoms with van der Waals surface area (Å²) >= 11 is 0. The van der Waals surface area contributed by atoms with Gasteiger partial charge in [-0.05, 0) is 122 Å². The predicted molar refractivity (Wildman–Crippen MR) is 220 cm³/mol. The van der Waals surface area contributed by atoms with Crippen LogP contribution in [0.1, 0.15) is 184 Å². The number of ether oxygens (including phenoxy) is 2. The molecule has 0 heterocycles. The van der Waals surface area contributed by atoms with Gasteiger partial charge in [-0.15, -0.1) is 0 Å².